The molecule has 0 bridgehead atoms. The van der Waals surface area contributed by atoms with Crippen LogP contribution in [0.5, 0.6) is 5.75 Å². The zero-order valence-corrected chi connectivity index (χ0v) is 20.0. The van der Waals surface area contributed by atoms with Gasteiger partial charge in [-0.15, -0.1) is 0 Å². The summed E-state index contributed by atoms with van der Waals surface area (Å²) < 4.78 is 16.0. The number of anilines is 1. The van der Waals surface area contributed by atoms with Crippen LogP contribution in [0.1, 0.15) is 35.0 Å². The van der Waals surface area contributed by atoms with Crippen molar-refractivity contribution >= 4 is 23.4 Å². The Kier molecular flexibility index (Phi) is 8.36. The summed E-state index contributed by atoms with van der Waals surface area (Å²) in [4.78, 5) is 41.0. The number of nitrogens with one attached hydrogen (secondary N) is 2. The largest absolute Gasteiger partial charge is 0.497 e. The van der Waals surface area contributed by atoms with E-state index >= 15 is 0 Å². The number of hydrogen-bond acceptors (Lipinski definition) is 6. The minimum absolute atomic E-state index is 0.0527. The van der Waals surface area contributed by atoms with E-state index in [4.69, 9.17) is 13.9 Å². The van der Waals surface area contributed by atoms with Crippen molar-refractivity contribution in [2.24, 2.45) is 0 Å². The Balaban J connectivity index is 1.63. The van der Waals surface area contributed by atoms with Crippen LogP contribution in [0.15, 0.2) is 77.4 Å². The zero-order valence-electron chi connectivity index (χ0n) is 20.0. The van der Waals surface area contributed by atoms with Crippen molar-refractivity contribution in [3.63, 3.8) is 0 Å². The maximum atomic E-state index is 13.6. The third-order valence-electron chi connectivity index (χ3n) is 5.91. The Morgan fingerprint density at radius 2 is 1.81 bits per heavy atom. The van der Waals surface area contributed by atoms with Gasteiger partial charge in [0.25, 0.3) is 5.91 Å². The van der Waals surface area contributed by atoms with E-state index in [1.165, 1.54) is 17.2 Å². The number of methoxy groups -OCH3 is 1. The average molecular weight is 492 g/mol. The van der Waals surface area contributed by atoms with E-state index in [0.29, 0.717) is 30.2 Å². The van der Waals surface area contributed by atoms with Gasteiger partial charge in [-0.2, -0.15) is 0 Å². The number of carbonyl (C=O) groups is 3. The highest BCUT2D eigenvalue weighted by molar-refractivity contribution is 6.04. The normalized spacial score (nSPS) is 15.6. The number of amides is 3. The van der Waals surface area contributed by atoms with Crippen LogP contribution < -0.4 is 20.3 Å². The van der Waals surface area contributed by atoms with E-state index < -0.39 is 17.9 Å². The molecule has 3 amide bonds. The van der Waals surface area contributed by atoms with Crippen LogP contribution in [0, 0.1) is 0 Å². The van der Waals surface area contributed by atoms with Gasteiger partial charge in [-0.3, -0.25) is 19.3 Å². The number of hydrogen-bond donors (Lipinski definition) is 2. The van der Waals surface area contributed by atoms with E-state index in [1.807, 2.05) is 18.2 Å². The Morgan fingerprint density at radius 1 is 1.03 bits per heavy atom. The lowest BCUT2D eigenvalue weighted by Gasteiger charge is -2.32. The first-order valence-corrected chi connectivity index (χ1v) is 11.8. The van der Waals surface area contributed by atoms with Gasteiger partial charge in [0, 0.05) is 18.8 Å². The van der Waals surface area contributed by atoms with E-state index in [1.54, 1.807) is 49.6 Å². The molecule has 1 fully saturated rings. The molecule has 0 unspecified atom stereocenters. The lowest BCUT2D eigenvalue weighted by Crippen LogP contribution is -2.48. The van der Waals surface area contributed by atoms with Crippen LogP contribution in [0.25, 0.3) is 0 Å². The first-order valence-electron chi connectivity index (χ1n) is 11.8. The number of furan rings is 1. The van der Waals surface area contributed by atoms with E-state index in [2.05, 4.69) is 10.6 Å². The van der Waals surface area contributed by atoms with Gasteiger partial charge in [-0.1, -0.05) is 30.3 Å². The monoisotopic (exact) mass is 491 g/mol. The molecule has 1 aliphatic rings. The number of carbonyl (C=O) groups excluding carboxylic acids is 3. The first-order chi connectivity index (χ1) is 17.6. The fourth-order valence-electron chi connectivity index (χ4n) is 4.09. The average Bonchev–Trinajstić information content (AvgIpc) is 3.64. The van der Waals surface area contributed by atoms with Gasteiger partial charge in [-0.05, 0) is 54.8 Å². The van der Waals surface area contributed by atoms with Gasteiger partial charge in [0.1, 0.15) is 11.8 Å². The summed E-state index contributed by atoms with van der Waals surface area (Å²) in [5, 5.41) is 5.53. The van der Waals surface area contributed by atoms with Crippen LogP contribution in [-0.4, -0.2) is 50.6 Å². The second kappa shape index (κ2) is 12.0. The third kappa shape index (κ3) is 6.11. The molecule has 4 rings (SSSR count). The maximum absolute atomic E-state index is 13.6. The summed E-state index contributed by atoms with van der Waals surface area (Å²) in [5.74, 6) is -0.648. The molecule has 2 N–H and O–H groups in total. The highest BCUT2D eigenvalue weighted by Gasteiger charge is 2.33. The van der Waals surface area contributed by atoms with Crippen LogP contribution in [0.2, 0.25) is 0 Å². The Hall–Kier alpha value is -4.11. The second-order valence-electron chi connectivity index (χ2n) is 8.32. The van der Waals surface area contributed by atoms with Crippen molar-refractivity contribution < 1.29 is 28.3 Å². The van der Waals surface area contributed by atoms with Gasteiger partial charge in [-0.25, -0.2) is 0 Å². The Bertz CT molecular complexity index is 1140. The minimum Gasteiger partial charge on any atom is -0.497 e. The number of rotatable bonds is 10. The summed E-state index contributed by atoms with van der Waals surface area (Å²) >= 11 is 0. The van der Waals surface area contributed by atoms with E-state index in [-0.39, 0.29) is 24.3 Å². The lowest BCUT2D eigenvalue weighted by atomic mass is 10.0. The van der Waals surface area contributed by atoms with Crippen LogP contribution >= 0.6 is 0 Å². The van der Waals surface area contributed by atoms with E-state index in [9.17, 15) is 14.4 Å². The molecule has 2 heterocycles. The molecule has 3 aromatic rings. The molecule has 1 aliphatic heterocycles. The van der Waals surface area contributed by atoms with Gasteiger partial charge < -0.3 is 24.5 Å². The molecule has 9 heteroatoms. The molecule has 9 nitrogen and oxygen atoms in total. The molecule has 0 saturated carbocycles. The van der Waals surface area contributed by atoms with Gasteiger partial charge in [0.2, 0.25) is 11.8 Å². The zero-order chi connectivity index (χ0) is 25.3. The molecule has 1 aromatic heterocycles. The van der Waals surface area contributed by atoms with Crippen molar-refractivity contribution in [1.82, 2.24) is 10.6 Å². The second-order valence-corrected chi connectivity index (χ2v) is 8.32. The quantitative estimate of drug-likeness (QED) is 0.451. The Morgan fingerprint density at radius 3 is 2.44 bits per heavy atom. The van der Waals surface area contributed by atoms with Crippen LogP contribution in [0.4, 0.5) is 5.69 Å². The SMILES string of the molecule is COc1ccc(N(C(=O)CNC(=O)c2ccco2)[C@H](C(=O)NC[C@@H]2CCCO2)c2ccccc2)cc1. The molecular weight excluding hydrogens is 462 g/mol. The predicted octanol–water partition coefficient (Wildman–Crippen LogP) is 3.09. The van der Waals surface area contributed by atoms with Crippen LogP contribution in [-0.2, 0) is 14.3 Å². The van der Waals surface area contributed by atoms with Crippen molar-refractivity contribution in [3.05, 3.63) is 84.3 Å². The third-order valence-corrected chi connectivity index (χ3v) is 5.91. The molecule has 1 saturated heterocycles. The van der Waals surface area contributed by atoms with E-state index in [0.717, 1.165) is 12.8 Å². The fraction of sp³-hybridized carbons (Fsp3) is 0.296. The van der Waals surface area contributed by atoms with Crippen molar-refractivity contribution in [2.75, 3.05) is 31.7 Å². The summed E-state index contributed by atoms with van der Waals surface area (Å²) in [7, 11) is 1.55. The first kappa shape index (κ1) is 25.0. The van der Waals surface area contributed by atoms with Gasteiger partial charge >= 0.3 is 0 Å². The standard InChI is InChI=1S/C27H29N3O6/c1-34-21-13-11-20(12-14-21)30(24(31)18-29-26(32)23-10-6-16-36-23)25(19-7-3-2-4-8-19)27(33)28-17-22-9-5-15-35-22/h2-4,6-8,10-14,16,22,25H,5,9,15,17-18H2,1H3,(H,28,33)(H,29,32)/t22-,25-/m0/s1. The lowest BCUT2D eigenvalue weighted by molar-refractivity contribution is -0.126. The van der Waals surface area contributed by atoms with Gasteiger partial charge in [0.15, 0.2) is 5.76 Å². The molecule has 2 aromatic carbocycles. The molecule has 0 radical (unpaired) electrons. The molecular formula is C27H29N3O6. The summed E-state index contributed by atoms with van der Waals surface area (Å²) in [6.45, 7) is 0.685. The topological polar surface area (TPSA) is 110 Å². The molecule has 2 atom stereocenters. The van der Waals surface area contributed by atoms with Crippen molar-refractivity contribution in [2.45, 2.75) is 25.0 Å². The number of benzene rings is 2. The molecule has 188 valence electrons. The maximum Gasteiger partial charge on any atom is 0.287 e. The summed E-state index contributed by atoms with van der Waals surface area (Å²) in [5.41, 5.74) is 1.11. The molecule has 0 aliphatic carbocycles. The van der Waals surface area contributed by atoms with Crippen molar-refractivity contribution in [1.29, 1.82) is 0 Å². The molecule has 36 heavy (non-hydrogen) atoms. The van der Waals surface area contributed by atoms with Crippen LogP contribution in [0.3, 0.4) is 0 Å². The van der Waals surface area contributed by atoms with Crippen molar-refractivity contribution in [3.8, 4) is 5.75 Å². The summed E-state index contributed by atoms with van der Waals surface area (Å²) in [6.07, 6.45) is 3.15. The summed E-state index contributed by atoms with van der Waals surface area (Å²) in [6, 6.07) is 18.0. The highest BCUT2D eigenvalue weighted by atomic mass is 16.5. The fourth-order valence-corrected chi connectivity index (χ4v) is 4.09. The number of nitrogens with zero attached hydrogens (tertiary/aromatic N) is 1. The Labute approximate surface area is 209 Å². The highest BCUT2D eigenvalue weighted by Crippen LogP contribution is 2.29. The smallest absolute Gasteiger partial charge is 0.287 e. The van der Waals surface area contributed by atoms with Gasteiger partial charge in [0.05, 0.1) is 26.0 Å². The predicted molar refractivity (Wildman–Crippen MR) is 133 cm³/mol. The minimum atomic E-state index is -0.978. The molecule has 0 spiro atoms. The number of ether oxygens (including phenoxy) is 2.